The van der Waals surface area contributed by atoms with Crippen LogP contribution in [-0.2, 0) is 9.47 Å². The van der Waals surface area contributed by atoms with Crippen LogP contribution >= 0.6 is 0 Å². The molecule has 0 fully saturated rings. The fourth-order valence-electron chi connectivity index (χ4n) is 0.711. The summed E-state index contributed by atoms with van der Waals surface area (Å²) in [5, 5.41) is 0. The van der Waals surface area contributed by atoms with Gasteiger partial charge in [0, 0.05) is 13.7 Å². The Hall–Kier alpha value is -0.330. The second kappa shape index (κ2) is 6.17. The minimum absolute atomic E-state index is 0.158. The Morgan fingerprint density at radius 3 is 2.38 bits per heavy atom. The number of nitrogens with two attached hydrogens (primary N) is 1. The molecule has 0 aliphatic carbocycles. The zero-order valence-electron chi connectivity index (χ0n) is 7.43. The molecule has 80 valence electrons. The van der Waals surface area contributed by atoms with Crippen LogP contribution in [0.3, 0.4) is 0 Å². The van der Waals surface area contributed by atoms with Gasteiger partial charge < -0.3 is 15.2 Å². The molecule has 0 aromatic heterocycles. The normalized spacial score (nSPS) is 14.5. The first kappa shape index (κ1) is 12.7. The summed E-state index contributed by atoms with van der Waals surface area (Å²) in [5.74, 6) is 0. The van der Waals surface area contributed by atoms with Gasteiger partial charge in [-0.15, -0.1) is 0 Å². The molecule has 0 rings (SSSR count). The highest BCUT2D eigenvalue weighted by atomic mass is 19.4. The lowest BCUT2D eigenvalue weighted by atomic mass is 10.3. The van der Waals surface area contributed by atoms with E-state index in [1.54, 1.807) is 0 Å². The maximum absolute atomic E-state index is 11.7. The van der Waals surface area contributed by atoms with Gasteiger partial charge in [0.25, 0.3) is 0 Å². The van der Waals surface area contributed by atoms with Crippen molar-refractivity contribution in [3.05, 3.63) is 0 Å². The van der Waals surface area contributed by atoms with Crippen molar-refractivity contribution in [1.29, 1.82) is 0 Å². The molecule has 1 atom stereocenters. The first-order valence-electron chi connectivity index (χ1n) is 3.87. The molecule has 0 aliphatic rings. The summed E-state index contributed by atoms with van der Waals surface area (Å²) in [6.45, 7) is 0.00871. The predicted octanol–water partition coefficient (Wildman–Crippen LogP) is 0.929. The van der Waals surface area contributed by atoms with E-state index in [1.807, 2.05) is 0 Å². The topological polar surface area (TPSA) is 44.5 Å². The Morgan fingerprint density at radius 1 is 1.38 bits per heavy atom. The number of rotatable bonds is 6. The number of ether oxygens (including phenoxy) is 2. The van der Waals surface area contributed by atoms with E-state index < -0.39 is 18.7 Å². The summed E-state index contributed by atoms with van der Waals surface area (Å²) < 4.78 is 44.5. The molecule has 0 saturated carbocycles. The van der Waals surface area contributed by atoms with Crippen LogP contribution in [0.4, 0.5) is 13.2 Å². The van der Waals surface area contributed by atoms with E-state index in [2.05, 4.69) is 0 Å². The minimum Gasteiger partial charge on any atom is -0.382 e. The van der Waals surface area contributed by atoms with Crippen LogP contribution in [0.2, 0.25) is 0 Å². The summed E-state index contributed by atoms with van der Waals surface area (Å²) in [5.41, 5.74) is 5.22. The van der Waals surface area contributed by atoms with Crippen molar-refractivity contribution in [1.82, 2.24) is 0 Å². The minimum atomic E-state index is -4.17. The SMILES string of the molecule is COCC(CN)OCCC(F)(F)F. The number of hydrogen-bond donors (Lipinski definition) is 1. The number of halogens is 3. The van der Waals surface area contributed by atoms with Gasteiger partial charge in [-0.25, -0.2) is 0 Å². The highest BCUT2D eigenvalue weighted by Gasteiger charge is 2.27. The van der Waals surface area contributed by atoms with Gasteiger partial charge >= 0.3 is 6.18 Å². The van der Waals surface area contributed by atoms with Crippen LogP contribution in [0.25, 0.3) is 0 Å². The van der Waals surface area contributed by atoms with Crippen molar-refractivity contribution >= 4 is 0 Å². The third-order valence-corrected chi connectivity index (χ3v) is 1.35. The molecular weight excluding hydrogens is 187 g/mol. The molecule has 0 radical (unpaired) electrons. The summed E-state index contributed by atoms with van der Waals surface area (Å²) in [6.07, 6.45) is -5.58. The van der Waals surface area contributed by atoms with Gasteiger partial charge in [-0.1, -0.05) is 0 Å². The lowest BCUT2D eigenvalue weighted by molar-refractivity contribution is -0.150. The summed E-state index contributed by atoms with van der Waals surface area (Å²) in [4.78, 5) is 0. The number of hydrogen-bond acceptors (Lipinski definition) is 3. The summed E-state index contributed by atoms with van der Waals surface area (Å²) >= 11 is 0. The van der Waals surface area contributed by atoms with Gasteiger partial charge in [0.2, 0.25) is 0 Å². The lowest BCUT2D eigenvalue weighted by Gasteiger charge is -2.15. The fourth-order valence-corrected chi connectivity index (χ4v) is 0.711. The maximum atomic E-state index is 11.7. The zero-order valence-corrected chi connectivity index (χ0v) is 7.43. The summed E-state index contributed by atoms with van der Waals surface area (Å²) in [7, 11) is 1.44. The van der Waals surface area contributed by atoms with Crippen molar-refractivity contribution < 1.29 is 22.6 Å². The predicted molar refractivity (Wildman–Crippen MR) is 41.3 cm³/mol. The van der Waals surface area contributed by atoms with Crippen LogP contribution in [0, 0.1) is 0 Å². The van der Waals surface area contributed by atoms with Crippen LogP contribution < -0.4 is 5.73 Å². The molecule has 1 unspecified atom stereocenters. The second-order valence-electron chi connectivity index (χ2n) is 2.55. The van der Waals surface area contributed by atoms with E-state index >= 15 is 0 Å². The molecule has 0 saturated heterocycles. The van der Waals surface area contributed by atoms with E-state index in [9.17, 15) is 13.2 Å². The van der Waals surface area contributed by atoms with Crippen LogP contribution in [0.15, 0.2) is 0 Å². The molecule has 0 heterocycles. The molecule has 0 aromatic carbocycles. The molecular formula is C7H14F3NO2. The molecule has 0 bridgehead atoms. The van der Waals surface area contributed by atoms with E-state index in [1.165, 1.54) is 7.11 Å². The van der Waals surface area contributed by atoms with E-state index in [0.717, 1.165) is 0 Å². The highest BCUT2D eigenvalue weighted by Crippen LogP contribution is 2.19. The van der Waals surface area contributed by atoms with Gasteiger partial charge in [-0.3, -0.25) is 0 Å². The molecule has 3 nitrogen and oxygen atoms in total. The van der Waals surface area contributed by atoms with Gasteiger partial charge in [-0.05, 0) is 0 Å². The zero-order chi connectivity index (χ0) is 10.3. The van der Waals surface area contributed by atoms with Crippen molar-refractivity contribution in [2.75, 3.05) is 26.9 Å². The average Bonchev–Trinajstić information content (AvgIpc) is 2.01. The van der Waals surface area contributed by atoms with Gasteiger partial charge in [0.05, 0.1) is 25.7 Å². The fraction of sp³-hybridized carbons (Fsp3) is 1.00. The van der Waals surface area contributed by atoms with Gasteiger partial charge in [-0.2, -0.15) is 13.2 Å². The Balaban J connectivity index is 3.49. The van der Waals surface area contributed by atoms with Crippen LogP contribution in [0.5, 0.6) is 0 Å². The molecule has 2 N–H and O–H groups in total. The first-order chi connectivity index (χ1) is 5.99. The van der Waals surface area contributed by atoms with Crippen molar-refractivity contribution in [2.24, 2.45) is 5.73 Å². The molecule has 0 aromatic rings. The van der Waals surface area contributed by atoms with Crippen molar-refractivity contribution in [2.45, 2.75) is 18.7 Å². The van der Waals surface area contributed by atoms with Gasteiger partial charge in [0.15, 0.2) is 0 Å². The standard InChI is InChI=1S/C7H14F3NO2/c1-12-5-6(4-11)13-3-2-7(8,9)10/h6H,2-5,11H2,1H3. The lowest BCUT2D eigenvalue weighted by Crippen LogP contribution is -2.29. The Kier molecular flexibility index (Phi) is 6.02. The van der Waals surface area contributed by atoms with Crippen molar-refractivity contribution in [3.8, 4) is 0 Å². The van der Waals surface area contributed by atoms with E-state index in [-0.39, 0.29) is 19.8 Å². The molecule has 13 heavy (non-hydrogen) atoms. The van der Waals surface area contributed by atoms with E-state index in [4.69, 9.17) is 15.2 Å². The summed E-state index contributed by atoms with van der Waals surface area (Å²) in [6, 6.07) is 0. The molecule has 0 amide bonds. The molecule has 0 spiro atoms. The average molecular weight is 201 g/mol. The largest absolute Gasteiger partial charge is 0.391 e. The van der Waals surface area contributed by atoms with E-state index in [0.29, 0.717) is 0 Å². The molecule has 6 heteroatoms. The first-order valence-corrected chi connectivity index (χ1v) is 3.87. The highest BCUT2D eigenvalue weighted by molar-refractivity contribution is 4.57. The number of alkyl halides is 3. The third kappa shape index (κ3) is 8.01. The van der Waals surface area contributed by atoms with Crippen LogP contribution in [-0.4, -0.2) is 39.1 Å². The smallest absolute Gasteiger partial charge is 0.382 e. The second-order valence-corrected chi connectivity index (χ2v) is 2.55. The Labute approximate surface area is 75.0 Å². The van der Waals surface area contributed by atoms with Crippen molar-refractivity contribution in [3.63, 3.8) is 0 Å². The quantitative estimate of drug-likeness (QED) is 0.695. The number of methoxy groups -OCH3 is 1. The monoisotopic (exact) mass is 201 g/mol. The Morgan fingerprint density at radius 2 is 2.00 bits per heavy atom. The Bertz CT molecular complexity index is 129. The van der Waals surface area contributed by atoms with Gasteiger partial charge in [0.1, 0.15) is 0 Å². The molecule has 0 aliphatic heterocycles. The van der Waals surface area contributed by atoms with Crippen LogP contribution in [0.1, 0.15) is 6.42 Å². The maximum Gasteiger partial charge on any atom is 0.391 e. The third-order valence-electron chi connectivity index (χ3n) is 1.35.